The second-order valence-corrected chi connectivity index (χ2v) is 7.05. The molecule has 3 rings (SSSR count). The number of allylic oxidation sites excluding steroid dienone is 1. The maximum atomic E-state index is 14.8. The lowest BCUT2D eigenvalue weighted by molar-refractivity contribution is -0.133. The molecular weight excluding hydrogens is 381 g/mol. The minimum Gasteiger partial charge on any atom is -0.442 e. The van der Waals surface area contributed by atoms with Gasteiger partial charge in [-0.3, -0.25) is 14.5 Å². The van der Waals surface area contributed by atoms with Crippen molar-refractivity contribution < 1.29 is 28.6 Å². The van der Waals surface area contributed by atoms with Crippen molar-refractivity contribution in [2.75, 3.05) is 37.7 Å². The fraction of sp³-hybridized carbons (Fsp3) is 0.450. The highest BCUT2D eigenvalue weighted by Gasteiger charge is 2.32. The van der Waals surface area contributed by atoms with Gasteiger partial charge in [0.05, 0.1) is 18.8 Å². The minimum absolute atomic E-state index is 0.202. The van der Waals surface area contributed by atoms with E-state index in [1.807, 2.05) is 0 Å². The number of aliphatic hydroxyl groups excluding tert-OH is 1. The average molecular weight is 405 g/mol. The van der Waals surface area contributed by atoms with Crippen molar-refractivity contribution in [1.82, 2.24) is 10.2 Å². The molecule has 1 aromatic rings. The van der Waals surface area contributed by atoms with Gasteiger partial charge in [0, 0.05) is 25.6 Å². The quantitative estimate of drug-likeness (QED) is 0.769. The van der Waals surface area contributed by atoms with Crippen molar-refractivity contribution in [3.63, 3.8) is 0 Å². The number of nitrogens with zero attached hydrogens (tertiary/aromatic N) is 2. The molecule has 1 atom stereocenters. The number of hydrogen-bond acceptors (Lipinski definition) is 5. The summed E-state index contributed by atoms with van der Waals surface area (Å²) in [7, 11) is 0. The molecule has 0 unspecified atom stereocenters. The number of amides is 3. The van der Waals surface area contributed by atoms with Crippen molar-refractivity contribution >= 4 is 29.2 Å². The van der Waals surface area contributed by atoms with Crippen LogP contribution in [0.5, 0.6) is 0 Å². The van der Waals surface area contributed by atoms with Gasteiger partial charge >= 0.3 is 6.09 Å². The van der Waals surface area contributed by atoms with Gasteiger partial charge < -0.3 is 20.1 Å². The van der Waals surface area contributed by atoms with Crippen molar-refractivity contribution in [3.8, 4) is 0 Å². The zero-order valence-electron chi connectivity index (χ0n) is 16.2. The van der Waals surface area contributed by atoms with Gasteiger partial charge in [-0.1, -0.05) is 6.08 Å². The number of cyclic esters (lactones) is 1. The van der Waals surface area contributed by atoms with Crippen LogP contribution < -0.4 is 10.2 Å². The molecule has 2 aliphatic rings. The standard InChI is InChI=1S/C20H24FN3O5/c1-13(26)22-10-16-11-24(20(28)29-16)15-4-5-17(18(21)9-15)14-3-2-7-23(8-6-14)19(27)12-25/h4-6,9,16,25H,2-3,7-8,10-12H2,1H3,(H,22,26)/t16-/m0/s1. The Kier molecular flexibility index (Phi) is 6.48. The molecule has 29 heavy (non-hydrogen) atoms. The summed E-state index contributed by atoms with van der Waals surface area (Å²) in [6.07, 6.45) is 2.00. The summed E-state index contributed by atoms with van der Waals surface area (Å²) in [6.45, 7) is 2.09. The molecule has 0 aliphatic carbocycles. The summed E-state index contributed by atoms with van der Waals surface area (Å²) in [5.74, 6) is -1.03. The molecule has 1 fully saturated rings. The number of rotatable bonds is 5. The van der Waals surface area contributed by atoms with Gasteiger partial charge in [0.25, 0.3) is 0 Å². The van der Waals surface area contributed by atoms with Crippen LogP contribution in [0.3, 0.4) is 0 Å². The molecule has 1 saturated heterocycles. The first-order valence-electron chi connectivity index (χ1n) is 9.49. The summed E-state index contributed by atoms with van der Waals surface area (Å²) < 4.78 is 20.0. The van der Waals surface area contributed by atoms with Gasteiger partial charge in [-0.05, 0) is 36.6 Å². The van der Waals surface area contributed by atoms with E-state index in [0.29, 0.717) is 37.2 Å². The molecular formula is C20H24FN3O5. The first-order valence-corrected chi connectivity index (χ1v) is 9.49. The van der Waals surface area contributed by atoms with E-state index in [9.17, 15) is 18.8 Å². The van der Waals surface area contributed by atoms with E-state index in [1.165, 1.54) is 22.8 Å². The number of benzene rings is 1. The zero-order valence-corrected chi connectivity index (χ0v) is 16.2. The second kappa shape index (κ2) is 9.04. The van der Waals surface area contributed by atoms with Crippen LogP contribution in [0, 0.1) is 5.82 Å². The molecule has 0 aromatic heterocycles. The van der Waals surface area contributed by atoms with Crippen LogP contribution in [-0.4, -0.2) is 66.8 Å². The zero-order chi connectivity index (χ0) is 21.0. The molecule has 1 aromatic carbocycles. The number of ether oxygens (including phenoxy) is 1. The number of aliphatic hydroxyl groups is 1. The lowest BCUT2D eigenvalue weighted by Crippen LogP contribution is -2.33. The fourth-order valence-electron chi connectivity index (χ4n) is 3.47. The lowest BCUT2D eigenvalue weighted by atomic mass is 10.00. The Bertz CT molecular complexity index is 841. The monoisotopic (exact) mass is 405 g/mol. The number of nitrogens with one attached hydrogen (secondary N) is 1. The number of halogens is 1. The maximum absolute atomic E-state index is 14.8. The van der Waals surface area contributed by atoms with E-state index in [1.54, 1.807) is 18.2 Å². The highest BCUT2D eigenvalue weighted by Crippen LogP contribution is 2.29. The summed E-state index contributed by atoms with van der Waals surface area (Å²) in [4.78, 5) is 37.6. The van der Waals surface area contributed by atoms with Crippen LogP contribution >= 0.6 is 0 Å². The third-order valence-electron chi connectivity index (χ3n) is 4.98. The molecule has 3 amide bonds. The van der Waals surface area contributed by atoms with E-state index in [-0.39, 0.29) is 24.9 Å². The summed E-state index contributed by atoms with van der Waals surface area (Å²) in [5, 5.41) is 11.6. The first kappa shape index (κ1) is 20.8. The Morgan fingerprint density at radius 3 is 2.86 bits per heavy atom. The number of hydrogen-bond donors (Lipinski definition) is 2. The van der Waals surface area contributed by atoms with Crippen molar-refractivity contribution in [2.45, 2.75) is 25.9 Å². The van der Waals surface area contributed by atoms with Crippen LogP contribution in [0.1, 0.15) is 25.3 Å². The SMILES string of the molecule is CC(=O)NC[C@H]1CN(c2ccc(C3=CCN(C(=O)CO)CCC3)c(F)c2)C(=O)O1. The largest absolute Gasteiger partial charge is 0.442 e. The predicted octanol–water partition coefficient (Wildman–Crippen LogP) is 1.29. The number of carbonyl (C=O) groups excluding carboxylic acids is 3. The van der Waals surface area contributed by atoms with Crippen LogP contribution in [0.25, 0.3) is 5.57 Å². The average Bonchev–Trinajstić information content (AvgIpc) is 2.90. The third kappa shape index (κ3) is 4.92. The van der Waals surface area contributed by atoms with Gasteiger partial charge in [-0.15, -0.1) is 0 Å². The molecule has 8 nitrogen and oxygen atoms in total. The van der Waals surface area contributed by atoms with Crippen LogP contribution in [0.15, 0.2) is 24.3 Å². The highest BCUT2D eigenvalue weighted by atomic mass is 19.1. The smallest absolute Gasteiger partial charge is 0.414 e. The Labute approximate surface area is 167 Å². The Hall–Kier alpha value is -2.94. The summed E-state index contributed by atoms with van der Waals surface area (Å²) in [6, 6.07) is 4.57. The fourth-order valence-corrected chi connectivity index (χ4v) is 3.47. The summed E-state index contributed by atoms with van der Waals surface area (Å²) in [5.41, 5.74) is 1.59. The van der Waals surface area contributed by atoms with Gasteiger partial charge in [-0.2, -0.15) is 0 Å². The molecule has 9 heteroatoms. The second-order valence-electron chi connectivity index (χ2n) is 7.05. The molecule has 2 N–H and O–H groups in total. The van der Waals surface area contributed by atoms with E-state index in [4.69, 9.17) is 9.84 Å². The molecule has 0 spiro atoms. The van der Waals surface area contributed by atoms with E-state index in [2.05, 4.69) is 5.32 Å². The number of anilines is 1. The molecule has 0 bridgehead atoms. The third-order valence-corrected chi connectivity index (χ3v) is 4.98. The maximum Gasteiger partial charge on any atom is 0.414 e. The normalized spacial score (nSPS) is 19.5. The number of carbonyl (C=O) groups is 3. The van der Waals surface area contributed by atoms with Gasteiger partial charge in [-0.25, -0.2) is 9.18 Å². The minimum atomic E-state index is -0.584. The molecule has 0 saturated carbocycles. The Morgan fingerprint density at radius 1 is 1.38 bits per heavy atom. The molecule has 0 radical (unpaired) electrons. The van der Waals surface area contributed by atoms with E-state index < -0.39 is 24.6 Å². The topological polar surface area (TPSA) is 99.2 Å². The van der Waals surface area contributed by atoms with E-state index >= 15 is 0 Å². The van der Waals surface area contributed by atoms with Gasteiger partial charge in [0.1, 0.15) is 18.5 Å². The van der Waals surface area contributed by atoms with Gasteiger partial charge in [0.15, 0.2) is 0 Å². The van der Waals surface area contributed by atoms with Gasteiger partial charge in [0.2, 0.25) is 11.8 Å². The highest BCUT2D eigenvalue weighted by molar-refractivity contribution is 5.90. The lowest BCUT2D eigenvalue weighted by Gasteiger charge is -2.17. The molecule has 2 heterocycles. The van der Waals surface area contributed by atoms with Crippen LogP contribution in [0.2, 0.25) is 0 Å². The van der Waals surface area contributed by atoms with E-state index in [0.717, 1.165) is 5.57 Å². The molecule has 2 aliphatic heterocycles. The predicted molar refractivity (Wildman–Crippen MR) is 104 cm³/mol. The van der Waals surface area contributed by atoms with Crippen LogP contribution in [0.4, 0.5) is 14.9 Å². The Morgan fingerprint density at radius 2 is 2.17 bits per heavy atom. The first-order chi connectivity index (χ1) is 13.9. The van der Waals surface area contributed by atoms with Crippen molar-refractivity contribution in [2.24, 2.45) is 0 Å². The van der Waals surface area contributed by atoms with Crippen molar-refractivity contribution in [1.29, 1.82) is 0 Å². The summed E-state index contributed by atoms with van der Waals surface area (Å²) >= 11 is 0. The van der Waals surface area contributed by atoms with Crippen LogP contribution in [-0.2, 0) is 14.3 Å². The molecule has 156 valence electrons. The Balaban J connectivity index is 1.72. The van der Waals surface area contributed by atoms with Crippen molar-refractivity contribution in [3.05, 3.63) is 35.7 Å².